The summed E-state index contributed by atoms with van der Waals surface area (Å²) >= 11 is 0. The molecule has 1 heterocycles. The first-order chi connectivity index (χ1) is 12.4. The van der Waals surface area contributed by atoms with E-state index in [4.69, 9.17) is 0 Å². The number of rotatable bonds is 6. The van der Waals surface area contributed by atoms with E-state index in [-0.39, 0.29) is 16.8 Å². The minimum absolute atomic E-state index is 0.101. The molecule has 0 spiro atoms. The molecule has 1 aliphatic heterocycles. The highest BCUT2D eigenvalue weighted by molar-refractivity contribution is 7.90. The van der Waals surface area contributed by atoms with Crippen molar-refractivity contribution < 1.29 is 13.2 Å². The lowest BCUT2D eigenvalue weighted by Gasteiger charge is -2.25. The fourth-order valence-corrected chi connectivity index (χ4v) is 3.87. The molecule has 1 N–H and O–H groups in total. The van der Waals surface area contributed by atoms with Crippen LogP contribution in [0, 0.1) is 0 Å². The van der Waals surface area contributed by atoms with Crippen LogP contribution in [0.4, 0.5) is 0 Å². The van der Waals surface area contributed by atoms with Gasteiger partial charge in [0.1, 0.15) is 0 Å². The SMILES string of the molecule is CS(=O)(=O)c1ccc(C(=O)NC(CN2CCCC2)c2ccccc2)cc1. The number of carbonyl (C=O) groups is 1. The van der Waals surface area contributed by atoms with E-state index in [0.29, 0.717) is 5.56 Å². The summed E-state index contributed by atoms with van der Waals surface area (Å²) in [6, 6.07) is 15.9. The van der Waals surface area contributed by atoms with Crippen LogP contribution >= 0.6 is 0 Å². The third kappa shape index (κ3) is 4.71. The summed E-state index contributed by atoms with van der Waals surface area (Å²) in [6.07, 6.45) is 3.55. The van der Waals surface area contributed by atoms with Crippen LogP contribution in [0.15, 0.2) is 59.5 Å². The topological polar surface area (TPSA) is 66.5 Å². The highest BCUT2D eigenvalue weighted by Gasteiger charge is 2.21. The van der Waals surface area contributed by atoms with Gasteiger partial charge in [0.25, 0.3) is 5.91 Å². The maximum Gasteiger partial charge on any atom is 0.251 e. The minimum Gasteiger partial charge on any atom is -0.344 e. The van der Waals surface area contributed by atoms with Crippen molar-refractivity contribution in [3.63, 3.8) is 0 Å². The van der Waals surface area contributed by atoms with E-state index >= 15 is 0 Å². The van der Waals surface area contributed by atoms with Gasteiger partial charge < -0.3 is 10.2 Å². The van der Waals surface area contributed by atoms with Gasteiger partial charge in [-0.15, -0.1) is 0 Å². The zero-order chi connectivity index (χ0) is 18.6. The number of nitrogens with one attached hydrogen (secondary N) is 1. The third-order valence-electron chi connectivity index (χ3n) is 4.69. The maximum absolute atomic E-state index is 12.7. The average Bonchev–Trinajstić information content (AvgIpc) is 3.14. The molecule has 3 rings (SSSR count). The number of nitrogens with zero attached hydrogens (tertiary/aromatic N) is 1. The van der Waals surface area contributed by atoms with E-state index in [9.17, 15) is 13.2 Å². The van der Waals surface area contributed by atoms with Crippen molar-refractivity contribution in [2.24, 2.45) is 0 Å². The summed E-state index contributed by atoms with van der Waals surface area (Å²) in [4.78, 5) is 15.3. The van der Waals surface area contributed by atoms with Crippen LogP contribution in [0.25, 0.3) is 0 Å². The fourth-order valence-electron chi connectivity index (χ4n) is 3.24. The Kier molecular flexibility index (Phi) is 5.74. The Balaban J connectivity index is 1.76. The first kappa shape index (κ1) is 18.6. The van der Waals surface area contributed by atoms with Gasteiger partial charge in [-0.1, -0.05) is 30.3 Å². The molecule has 1 saturated heterocycles. The molecule has 26 heavy (non-hydrogen) atoms. The first-order valence-corrected chi connectivity index (χ1v) is 10.7. The van der Waals surface area contributed by atoms with Crippen LogP contribution in [0.3, 0.4) is 0 Å². The van der Waals surface area contributed by atoms with Gasteiger partial charge in [0.05, 0.1) is 10.9 Å². The first-order valence-electron chi connectivity index (χ1n) is 8.82. The molecular weight excluding hydrogens is 348 g/mol. The van der Waals surface area contributed by atoms with E-state index in [1.165, 1.54) is 25.0 Å². The number of sulfone groups is 1. The number of likely N-dealkylation sites (tertiary alicyclic amines) is 1. The van der Waals surface area contributed by atoms with Crippen LogP contribution in [0.2, 0.25) is 0 Å². The summed E-state index contributed by atoms with van der Waals surface area (Å²) in [7, 11) is -3.27. The van der Waals surface area contributed by atoms with Crippen LogP contribution in [-0.2, 0) is 9.84 Å². The van der Waals surface area contributed by atoms with E-state index in [0.717, 1.165) is 31.5 Å². The number of carbonyl (C=O) groups excluding carboxylic acids is 1. The summed E-state index contributed by atoms with van der Waals surface area (Å²) in [6.45, 7) is 2.89. The molecule has 0 aromatic heterocycles. The van der Waals surface area contributed by atoms with Crippen molar-refractivity contribution in [2.45, 2.75) is 23.8 Å². The van der Waals surface area contributed by atoms with Gasteiger partial charge in [0, 0.05) is 18.4 Å². The second kappa shape index (κ2) is 8.01. The summed E-state index contributed by atoms with van der Waals surface area (Å²) in [5.41, 5.74) is 1.53. The number of amides is 1. The smallest absolute Gasteiger partial charge is 0.251 e. The lowest BCUT2D eigenvalue weighted by Crippen LogP contribution is -2.37. The molecule has 0 aliphatic carbocycles. The summed E-state index contributed by atoms with van der Waals surface area (Å²) < 4.78 is 23.1. The van der Waals surface area contributed by atoms with Crippen molar-refractivity contribution in [1.82, 2.24) is 10.2 Å². The number of hydrogen-bond donors (Lipinski definition) is 1. The van der Waals surface area contributed by atoms with E-state index in [1.807, 2.05) is 30.3 Å². The molecule has 1 atom stereocenters. The van der Waals surface area contributed by atoms with Crippen LogP contribution < -0.4 is 5.32 Å². The number of hydrogen-bond acceptors (Lipinski definition) is 4. The lowest BCUT2D eigenvalue weighted by molar-refractivity contribution is 0.0927. The normalized spacial score (nSPS) is 16.3. The monoisotopic (exact) mass is 372 g/mol. The largest absolute Gasteiger partial charge is 0.344 e. The van der Waals surface area contributed by atoms with Gasteiger partial charge in [-0.25, -0.2) is 8.42 Å². The molecule has 0 saturated carbocycles. The molecule has 2 aromatic carbocycles. The Hall–Kier alpha value is -2.18. The molecule has 6 heteroatoms. The molecule has 1 amide bonds. The Morgan fingerprint density at radius 3 is 2.23 bits per heavy atom. The second-order valence-electron chi connectivity index (χ2n) is 6.74. The standard InChI is InChI=1S/C20H24N2O3S/c1-26(24,25)18-11-9-17(10-12-18)20(23)21-19(15-22-13-5-6-14-22)16-7-3-2-4-8-16/h2-4,7-12,19H,5-6,13-15H2,1H3,(H,21,23). The van der Waals surface area contributed by atoms with Gasteiger partial charge in [-0.3, -0.25) is 4.79 Å². The molecule has 1 unspecified atom stereocenters. The predicted molar refractivity (Wildman–Crippen MR) is 102 cm³/mol. The number of benzene rings is 2. The molecule has 2 aromatic rings. The van der Waals surface area contributed by atoms with Crippen LogP contribution in [-0.4, -0.2) is 45.1 Å². The van der Waals surface area contributed by atoms with Crippen LogP contribution in [0.1, 0.15) is 34.8 Å². The lowest BCUT2D eigenvalue weighted by atomic mass is 10.1. The summed E-state index contributed by atoms with van der Waals surface area (Å²) in [5.74, 6) is -0.196. The summed E-state index contributed by atoms with van der Waals surface area (Å²) in [5, 5.41) is 3.10. The highest BCUT2D eigenvalue weighted by Crippen LogP contribution is 2.19. The molecule has 1 aliphatic rings. The van der Waals surface area contributed by atoms with Crippen LogP contribution in [0.5, 0.6) is 0 Å². The molecule has 138 valence electrons. The zero-order valence-electron chi connectivity index (χ0n) is 14.9. The van der Waals surface area contributed by atoms with Gasteiger partial charge >= 0.3 is 0 Å². The minimum atomic E-state index is -3.27. The van der Waals surface area contributed by atoms with E-state index < -0.39 is 9.84 Å². The van der Waals surface area contributed by atoms with Crippen molar-refractivity contribution >= 4 is 15.7 Å². The predicted octanol–water partition coefficient (Wildman–Crippen LogP) is 2.66. The van der Waals surface area contributed by atoms with Gasteiger partial charge in [-0.2, -0.15) is 0 Å². The van der Waals surface area contributed by atoms with Gasteiger partial charge in [0.2, 0.25) is 0 Å². The Morgan fingerprint density at radius 1 is 1.04 bits per heavy atom. The molecule has 1 fully saturated rings. The van der Waals surface area contributed by atoms with Gasteiger partial charge in [-0.05, 0) is 55.8 Å². The molecule has 0 radical (unpaired) electrons. The van der Waals surface area contributed by atoms with Gasteiger partial charge in [0.15, 0.2) is 9.84 Å². The van der Waals surface area contributed by atoms with Crippen molar-refractivity contribution in [1.29, 1.82) is 0 Å². The highest BCUT2D eigenvalue weighted by atomic mass is 32.2. The Morgan fingerprint density at radius 2 is 1.65 bits per heavy atom. The average molecular weight is 372 g/mol. The maximum atomic E-state index is 12.7. The van der Waals surface area contributed by atoms with Crippen molar-refractivity contribution in [3.8, 4) is 0 Å². The molecular formula is C20H24N2O3S. The van der Waals surface area contributed by atoms with Crippen molar-refractivity contribution in [3.05, 3.63) is 65.7 Å². The Bertz CT molecular complexity index is 842. The van der Waals surface area contributed by atoms with E-state index in [1.54, 1.807) is 12.1 Å². The third-order valence-corrected chi connectivity index (χ3v) is 5.82. The molecule has 0 bridgehead atoms. The quantitative estimate of drug-likeness (QED) is 0.847. The second-order valence-corrected chi connectivity index (χ2v) is 8.76. The van der Waals surface area contributed by atoms with Crippen molar-refractivity contribution in [2.75, 3.05) is 25.9 Å². The van der Waals surface area contributed by atoms with E-state index in [2.05, 4.69) is 10.2 Å². The molecule has 5 nitrogen and oxygen atoms in total. The zero-order valence-corrected chi connectivity index (χ0v) is 15.7. The Labute approximate surface area is 154 Å². The fraction of sp³-hybridized carbons (Fsp3) is 0.350.